The van der Waals surface area contributed by atoms with Crippen LogP contribution >= 0.6 is 11.6 Å². The molecule has 1 aromatic carbocycles. The molecule has 0 aliphatic heterocycles. The highest BCUT2D eigenvalue weighted by atomic mass is 35.5. The Morgan fingerprint density at radius 2 is 2.00 bits per heavy atom. The van der Waals surface area contributed by atoms with Gasteiger partial charge in [0, 0.05) is 23.2 Å². The predicted molar refractivity (Wildman–Crippen MR) is 76.8 cm³/mol. The maximum absolute atomic E-state index is 11.9. The second-order valence-electron chi connectivity index (χ2n) is 4.11. The van der Waals surface area contributed by atoms with Crippen LogP contribution in [0.1, 0.15) is 10.5 Å². The number of carbonyl (C=O) groups excluding carboxylic acids is 1. The van der Waals surface area contributed by atoms with Crippen LogP contribution in [0, 0.1) is 0 Å². The van der Waals surface area contributed by atoms with Crippen LogP contribution in [0.25, 0.3) is 0 Å². The Morgan fingerprint density at radius 1 is 1.25 bits per heavy atom. The lowest BCUT2D eigenvalue weighted by atomic mass is 10.3. The average Bonchev–Trinajstić information content (AvgIpc) is 2.38. The first kappa shape index (κ1) is 14.5. The number of rotatable bonds is 3. The van der Waals surface area contributed by atoms with Crippen LogP contribution in [0.3, 0.4) is 0 Å². The molecule has 0 aliphatic carbocycles. The van der Waals surface area contributed by atoms with Crippen LogP contribution in [-0.4, -0.2) is 25.6 Å². The molecule has 104 valence electrons. The molecule has 1 N–H and O–H groups in total. The molecule has 7 heteroatoms. The van der Waals surface area contributed by atoms with Gasteiger partial charge in [-0.1, -0.05) is 17.7 Å². The summed E-state index contributed by atoms with van der Waals surface area (Å²) < 4.78 is 22.9. The molecule has 2 rings (SSSR count). The van der Waals surface area contributed by atoms with Gasteiger partial charge in [0.15, 0.2) is 9.84 Å². The molecule has 0 fully saturated rings. The summed E-state index contributed by atoms with van der Waals surface area (Å²) in [5, 5.41) is 2.97. The Hall–Kier alpha value is -1.92. The van der Waals surface area contributed by atoms with E-state index >= 15 is 0 Å². The number of carbonyl (C=O) groups is 1. The number of anilines is 1. The van der Waals surface area contributed by atoms with Crippen LogP contribution in [0.15, 0.2) is 47.5 Å². The van der Waals surface area contributed by atoms with Crippen molar-refractivity contribution in [1.82, 2.24) is 4.98 Å². The van der Waals surface area contributed by atoms with Gasteiger partial charge in [0.2, 0.25) is 0 Å². The van der Waals surface area contributed by atoms with Crippen molar-refractivity contribution in [2.75, 3.05) is 11.6 Å². The topological polar surface area (TPSA) is 76.1 Å². The second-order valence-corrected chi connectivity index (χ2v) is 6.57. The number of nitrogens with zero attached hydrogens (tertiary/aromatic N) is 1. The van der Waals surface area contributed by atoms with Gasteiger partial charge in [-0.15, -0.1) is 0 Å². The van der Waals surface area contributed by atoms with Crippen LogP contribution in [-0.2, 0) is 9.84 Å². The predicted octanol–water partition coefficient (Wildman–Crippen LogP) is 2.39. The van der Waals surface area contributed by atoms with E-state index in [0.717, 1.165) is 6.26 Å². The van der Waals surface area contributed by atoms with E-state index in [0.29, 0.717) is 10.7 Å². The second kappa shape index (κ2) is 5.60. The zero-order valence-electron chi connectivity index (χ0n) is 10.5. The first-order valence-corrected chi connectivity index (χ1v) is 7.86. The number of halogens is 1. The summed E-state index contributed by atoms with van der Waals surface area (Å²) in [7, 11) is -3.32. The van der Waals surface area contributed by atoms with Crippen molar-refractivity contribution in [3.8, 4) is 0 Å². The van der Waals surface area contributed by atoms with Gasteiger partial charge in [-0.2, -0.15) is 0 Å². The highest BCUT2D eigenvalue weighted by molar-refractivity contribution is 7.90. The lowest BCUT2D eigenvalue weighted by Crippen LogP contribution is -2.13. The van der Waals surface area contributed by atoms with Crippen LogP contribution in [0.2, 0.25) is 5.02 Å². The van der Waals surface area contributed by atoms with Crippen molar-refractivity contribution in [2.24, 2.45) is 0 Å². The molecule has 0 unspecified atom stereocenters. The highest BCUT2D eigenvalue weighted by Gasteiger charge is 2.11. The molecule has 0 atom stereocenters. The summed E-state index contributed by atoms with van der Waals surface area (Å²) in [6.07, 6.45) is 2.52. The minimum Gasteiger partial charge on any atom is -0.321 e. The Labute approximate surface area is 121 Å². The smallest absolute Gasteiger partial charge is 0.274 e. The summed E-state index contributed by atoms with van der Waals surface area (Å²) >= 11 is 5.78. The van der Waals surface area contributed by atoms with Gasteiger partial charge < -0.3 is 5.32 Å². The third-order valence-electron chi connectivity index (χ3n) is 2.47. The Morgan fingerprint density at radius 3 is 2.65 bits per heavy atom. The highest BCUT2D eigenvalue weighted by Crippen LogP contribution is 2.16. The molecule has 0 saturated carbocycles. The molecular weight excluding hydrogens is 300 g/mol. The molecule has 2 aromatic rings. The average molecular weight is 311 g/mol. The van der Waals surface area contributed by atoms with E-state index in [1.165, 1.54) is 24.4 Å². The monoisotopic (exact) mass is 310 g/mol. The van der Waals surface area contributed by atoms with Gasteiger partial charge in [-0.25, -0.2) is 8.42 Å². The van der Waals surface area contributed by atoms with E-state index in [1.807, 2.05) is 0 Å². The Bertz CT molecular complexity index is 760. The first-order valence-electron chi connectivity index (χ1n) is 5.59. The van der Waals surface area contributed by atoms with Gasteiger partial charge in [-0.3, -0.25) is 9.78 Å². The molecule has 5 nitrogen and oxygen atoms in total. The van der Waals surface area contributed by atoms with Crippen molar-refractivity contribution in [3.63, 3.8) is 0 Å². The summed E-state index contributed by atoms with van der Waals surface area (Å²) in [5.74, 6) is -0.460. The Kier molecular flexibility index (Phi) is 4.06. The number of hydrogen-bond acceptors (Lipinski definition) is 4. The first-order chi connectivity index (χ1) is 9.36. The van der Waals surface area contributed by atoms with Gasteiger partial charge in [-0.05, 0) is 30.3 Å². The standard InChI is InChI=1S/C13H11ClN2O3S/c1-20(18,19)11-4-2-3-10(8-11)16-13(17)12-7-9(14)5-6-15-12/h2-8H,1H3,(H,16,17). The molecule has 0 radical (unpaired) electrons. The molecule has 20 heavy (non-hydrogen) atoms. The van der Waals surface area contributed by atoms with E-state index in [1.54, 1.807) is 18.2 Å². The summed E-state index contributed by atoms with van der Waals surface area (Å²) in [5.41, 5.74) is 0.530. The number of nitrogens with one attached hydrogen (secondary N) is 1. The number of sulfone groups is 1. The molecular formula is C13H11ClN2O3S. The summed E-state index contributed by atoms with van der Waals surface area (Å²) in [4.78, 5) is 16.0. The van der Waals surface area contributed by atoms with E-state index in [2.05, 4.69) is 10.3 Å². The normalized spacial score (nSPS) is 11.1. The molecule has 1 amide bonds. The fourth-order valence-electron chi connectivity index (χ4n) is 1.53. The lowest BCUT2D eigenvalue weighted by molar-refractivity contribution is 0.102. The third-order valence-corrected chi connectivity index (χ3v) is 3.82. The SMILES string of the molecule is CS(=O)(=O)c1cccc(NC(=O)c2cc(Cl)ccn2)c1. The lowest BCUT2D eigenvalue weighted by Gasteiger charge is -2.06. The maximum Gasteiger partial charge on any atom is 0.274 e. The van der Waals surface area contributed by atoms with E-state index in [9.17, 15) is 13.2 Å². The minimum atomic E-state index is -3.32. The fraction of sp³-hybridized carbons (Fsp3) is 0.0769. The van der Waals surface area contributed by atoms with E-state index in [4.69, 9.17) is 11.6 Å². The molecule has 1 heterocycles. The molecule has 0 bridgehead atoms. The van der Waals surface area contributed by atoms with E-state index < -0.39 is 15.7 Å². The van der Waals surface area contributed by atoms with Crippen LogP contribution in [0.5, 0.6) is 0 Å². The van der Waals surface area contributed by atoms with Gasteiger partial charge in [0.05, 0.1) is 4.90 Å². The fourth-order valence-corrected chi connectivity index (χ4v) is 2.36. The van der Waals surface area contributed by atoms with Crippen LogP contribution in [0.4, 0.5) is 5.69 Å². The van der Waals surface area contributed by atoms with Gasteiger partial charge >= 0.3 is 0 Å². The summed E-state index contributed by atoms with van der Waals surface area (Å²) in [6, 6.07) is 8.98. The number of pyridine rings is 1. The van der Waals surface area contributed by atoms with E-state index in [-0.39, 0.29) is 10.6 Å². The number of aromatic nitrogens is 1. The van der Waals surface area contributed by atoms with Crippen molar-refractivity contribution in [3.05, 3.63) is 53.3 Å². The minimum absolute atomic E-state index is 0.134. The van der Waals surface area contributed by atoms with Crippen LogP contribution < -0.4 is 5.32 Å². The van der Waals surface area contributed by atoms with Crippen molar-refractivity contribution in [2.45, 2.75) is 4.90 Å². The quantitative estimate of drug-likeness (QED) is 0.944. The number of hydrogen-bond donors (Lipinski definition) is 1. The molecule has 0 saturated heterocycles. The van der Waals surface area contributed by atoms with Gasteiger partial charge in [0.1, 0.15) is 5.69 Å². The largest absolute Gasteiger partial charge is 0.321 e. The van der Waals surface area contributed by atoms with Crippen molar-refractivity contribution in [1.29, 1.82) is 0 Å². The number of benzene rings is 1. The zero-order chi connectivity index (χ0) is 14.8. The Balaban J connectivity index is 2.25. The van der Waals surface area contributed by atoms with Crippen molar-refractivity contribution < 1.29 is 13.2 Å². The maximum atomic E-state index is 11.9. The molecule has 0 aliphatic rings. The summed E-state index contributed by atoms with van der Waals surface area (Å²) in [6.45, 7) is 0. The molecule has 1 aromatic heterocycles. The number of amides is 1. The zero-order valence-corrected chi connectivity index (χ0v) is 12.1. The van der Waals surface area contributed by atoms with Crippen molar-refractivity contribution >= 4 is 33.0 Å². The third kappa shape index (κ3) is 3.55. The van der Waals surface area contributed by atoms with Gasteiger partial charge in [0.25, 0.3) is 5.91 Å². The molecule has 0 spiro atoms.